The number of amides is 2. The zero-order chi connectivity index (χ0) is 15.7. The molecule has 1 aromatic carbocycles. The molecule has 1 saturated carbocycles. The standard InChI is InChI=1S/C15H16N2O2.CH3NO/c16-15(18)14-6-10-2-1-9(5-13(10)19-14)11-3-8-4-12(11)17-7-8;2-1-3/h1-2,5-6,8,11-12,17H,3-4,7H2,(H2,16,18);1H,(H2,2,3). The third kappa shape index (κ3) is 2.57. The molecule has 5 N–H and O–H groups in total. The maximum Gasteiger partial charge on any atom is 0.284 e. The third-order valence-corrected chi connectivity index (χ3v) is 4.54. The van der Waals surface area contributed by atoms with Gasteiger partial charge in [0.2, 0.25) is 6.41 Å². The van der Waals surface area contributed by atoms with E-state index in [4.69, 9.17) is 14.9 Å². The van der Waals surface area contributed by atoms with Crippen LogP contribution in [0.4, 0.5) is 0 Å². The molecule has 22 heavy (non-hydrogen) atoms. The second-order valence-electron chi connectivity index (χ2n) is 5.87. The van der Waals surface area contributed by atoms with E-state index in [9.17, 15) is 4.79 Å². The first-order valence-corrected chi connectivity index (χ1v) is 7.34. The van der Waals surface area contributed by atoms with Crippen LogP contribution >= 0.6 is 0 Å². The van der Waals surface area contributed by atoms with Gasteiger partial charge < -0.3 is 21.2 Å². The third-order valence-electron chi connectivity index (χ3n) is 4.54. The van der Waals surface area contributed by atoms with Crippen LogP contribution in [-0.4, -0.2) is 24.9 Å². The first kappa shape index (κ1) is 14.6. The number of nitrogens with two attached hydrogens (primary N) is 2. The van der Waals surface area contributed by atoms with Gasteiger partial charge in [-0.2, -0.15) is 0 Å². The van der Waals surface area contributed by atoms with Crippen LogP contribution in [0.15, 0.2) is 28.7 Å². The maximum atomic E-state index is 11.1. The van der Waals surface area contributed by atoms with Gasteiger partial charge in [0.05, 0.1) is 0 Å². The average Bonchev–Trinajstić information content (AvgIpc) is 3.21. The van der Waals surface area contributed by atoms with Crippen molar-refractivity contribution in [3.63, 3.8) is 0 Å². The second kappa shape index (κ2) is 5.81. The van der Waals surface area contributed by atoms with Gasteiger partial charge in [-0.05, 0) is 48.9 Å². The number of fused-ring (bicyclic) bond motifs is 3. The Morgan fingerprint density at radius 2 is 2.09 bits per heavy atom. The topological polar surface area (TPSA) is 111 Å². The van der Waals surface area contributed by atoms with Crippen LogP contribution < -0.4 is 16.8 Å². The number of rotatable bonds is 2. The predicted molar refractivity (Wildman–Crippen MR) is 82.2 cm³/mol. The molecule has 2 aliphatic rings. The fourth-order valence-electron chi connectivity index (χ4n) is 3.62. The summed E-state index contributed by atoms with van der Waals surface area (Å²) in [6, 6.07) is 8.55. The summed E-state index contributed by atoms with van der Waals surface area (Å²) in [5, 5.41) is 4.51. The van der Waals surface area contributed by atoms with Crippen LogP contribution in [0.1, 0.15) is 34.9 Å². The number of hydrogen-bond donors (Lipinski definition) is 3. The number of carbonyl (C=O) groups excluding carboxylic acids is 2. The average molecular weight is 301 g/mol. The Morgan fingerprint density at radius 1 is 1.32 bits per heavy atom. The van der Waals surface area contributed by atoms with Crippen LogP contribution in [0.25, 0.3) is 11.0 Å². The van der Waals surface area contributed by atoms with Gasteiger partial charge in [0.1, 0.15) is 5.58 Å². The Morgan fingerprint density at radius 3 is 2.68 bits per heavy atom. The summed E-state index contributed by atoms with van der Waals surface area (Å²) >= 11 is 0. The van der Waals surface area contributed by atoms with Crippen molar-refractivity contribution in [2.45, 2.75) is 24.8 Å². The summed E-state index contributed by atoms with van der Waals surface area (Å²) in [7, 11) is 0. The minimum atomic E-state index is -0.515. The van der Waals surface area contributed by atoms with E-state index in [-0.39, 0.29) is 12.2 Å². The Bertz CT molecular complexity index is 710. The second-order valence-corrected chi connectivity index (χ2v) is 5.87. The Hall–Kier alpha value is -2.34. The van der Waals surface area contributed by atoms with E-state index >= 15 is 0 Å². The molecule has 2 fully saturated rings. The van der Waals surface area contributed by atoms with Crippen LogP contribution in [-0.2, 0) is 4.79 Å². The predicted octanol–water partition coefficient (Wildman–Crippen LogP) is 1.10. The van der Waals surface area contributed by atoms with Gasteiger partial charge in [-0.15, -0.1) is 0 Å². The molecule has 2 heterocycles. The molecule has 116 valence electrons. The first-order valence-electron chi connectivity index (χ1n) is 7.34. The minimum Gasteiger partial charge on any atom is -0.451 e. The molecule has 1 saturated heterocycles. The molecule has 1 aliphatic heterocycles. The lowest BCUT2D eigenvalue weighted by atomic mass is 9.91. The van der Waals surface area contributed by atoms with Crippen molar-refractivity contribution >= 4 is 23.3 Å². The number of carbonyl (C=O) groups is 2. The summed E-state index contributed by atoms with van der Waals surface area (Å²) in [5.41, 5.74) is 11.5. The van der Waals surface area contributed by atoms with Crippen molar-refractivity contribution in [3.8, 4) is 0 Å². The van der Waals surface area contributed by atoms with E-state index in [0.29, 0.717) is 12.0 Å². The largest absolute Gasteiger partial charge is 0.451 e. The lowest BCUT2D eigenvalue weighted by Gasteiger charge is -2.23. The molecule has 1 aliphatic carbocycles. The lowest BCUT2D eigenvalue weighted by Crippen LogP contribution is -2.31. The molecule has 6 nitrogen and oxygen atoms in total. The molecule has 2 amide bonds. The fraction of sp³-hybridized carbons (Fsp3) is 0.375. The number of benzene rings is 1. The van der Waals surface area contributed by atoms with Crippen molar-refractivity contribution in [1.82, 2.24) is 5.32 Å². The Kier molecular flexibility index (Phi) is 3.85. The van der Waals surface area contributed by atoms with Gasteiger partial charge in [-0.3, -0.25) is 9.59 Å². The monoisotopic (exact) mass is 301 g/mol. The molecule has 2 aromatic rings. The summed E-state index contributed by atoms with van der Waals surface area (Å²) in [5.74, 6) is 1.12. The number of nitrogens with one attached hydrogen (secondary N) is 1. The van der Waals surface area contributed by atoms with Crippen LogP contribution in [0.2, 0.25) is 0 Å². The molecule has 6 heteroatoms. The fourth-order valence-corrected chi connectivity index (χ4v) is 3.62. The number of furan rings is 1. The van der Waals surface area contributed by atoms with Crippen molar-refractivity contribution in [3.05, 3.63) is 35.6 Å². The van der Waals surface area contributed by atoms with E-state index in [2.05, 4.69) is 23.2 Å². The molecular formula is C16H19N3O3. The van der Waals surface area contributed by atoms with Gasteiger partial charge in [0, 0.05) is 11.4 Å². The van der Waals surface area contributed by atoms with E-state index in [1.165, 1.54) is 18.4 Å². The highest BCUT2D eigenvalue weighted by Gasteiger charge is 2.40. The SMILES string of the molecule is NC(=O)c1cc2ccc(C3CC4CNC3C4)cc2o1.NC=O. The van der Waals surface area contributed by atoms with Crippen molar-refractivity contribution in [2.75, 3.05) is 6.54 Å². The highest BCUT2D eigenvalue weighted by atomic mass is 16.3. The van der Waals surface area contributed by atoms with E-state index in [0.717, 1.165) is 23.4 Å². The van der Waals surface area contributed by atoms with Gasteiger partial charge in [-0.25, -0.2) is 0 Å². The lowest BCUT2D eigenvalue weighted by molar-refractivity contribution is -0.106. The first-order chi connectivity index (χ1) is 10.6. The Balaban J connectivity index is 0.000000446. The highest BCUT2D eigenvalue weighted by Crippen LogP contribution is 2.42. The quantitative estimate of drug-likeness (QED) is 0.721. The molecule has 0 spiro atoms. The van der Waals surface area contributed by atoms with Crippen molar-refractivity contribution < 1.29 is 14.0 Å². The normalized spacial score (nSPS) is 25.7. The van der Waals surface area contributed by atoms with Gasteiger partial charge in [0.15, 0.2) is 5.76 Å². The zero-order valence-corrected chi connectivity index (χ0v) is 12.1. The molecule has 1 aromatic heterocycles. The van der Waals surface area contributed by atoms with Gasteiger partial charge in [-0.1, -0.05) is 12.1 Å². The summed E-state index contributed by atoms with van der Waals surface area (Å²) in [6.07, 6.45) is 2.79. The smallest absolute Gasteiger partial charge is 0.284 e. The van der Waals surface area contributed by atoms with Gasteiger partial charge in [0.25, 0.3) is 5.91 Å². The molecule has 2 bridgehead atoms. The number of hydrogen-bond acceptors (Lipinski definition) is 4. The Labute approximate surface area is 127 Å². The molecule has 3 atom stereocenters. The molecular weight excluding hydrogens is 282 g/mol. The van der Waals surface area contributed by atoms with E-state index in [1.54, 1.807) is 6.07 Å². The van der Waals surface area contributed by atoms with Gasteiger partial charge >= 0.3 is 0 Å². The van der Waals surface area contributed by atoms with E-state index < -0.39 is 5.91 Å². The molecule has 0 radical (unpaired) electrons. The van der Waals surface area contributed by atoms with Crippen LogP contribution in [0.5, 0.6) is 0 Å². The number of primary amides is 2. The van der Waals surface area contributed by atoms with Crippen LogP contribution in [0, 0.1) is 5.92 Å². The highest BCUT2D eigenvalue weighted by molar-refractivity contribution is 5.95. The zero-order valence-electron chi connectivity index (χ0n) is 12.1. The summed E-state index contributed by atoms with van der Waals surface area (Å²) in [6.45, 7) is 1.16. The van der Waals surface area contributed by atoms with Crippen molar-refractivity contribution in [1.29, 1.82) is 0 Å². The minimum absolute atomic E-state index is 0.234. The summed E-state index contributed by atoms with van der Waals surface area (Å²) < 4.78 is 5.51. The maximum absolute atomic E-state index is 11.1. The summed E-state index contributed by atoms with van der Waals surface area (Å²) in [4.78, 5) is 19.7. The van der Waals surface area contributed by atoms with Crippen LogP contribution in [0.3, 0.4) is 0 Å². The number of piperidine rings is 1. The van der Waals surface area contributed by atoms with E-state index in [1.807, 2.05) is 6.07 Å². The van der Waals surface area contributed by atoms with Crippen molar-refractivity contribution in [2.24, 2.45) is 17.4 Å². The molecule has 4 rings (SSSR count). The molecule has 3 unspecified atom stereocenters.